The van der Waals surface area contributed by atoms with Gasteiger partial charge in [0.15, 0.2) is 11.5 Å². The third kappa shape index (κ3) is 6.32. The molecule has 4 aromatic heterocycles. The molecule has 39 heavy (non-hydrogen) atoms. The van der Waals surface area contributed by atoms with Crippen molar-refractivity contribution in [2.24, 2.45) is 0 Å². The zero-order valence-electron chi connectivity index (χ0n) is 21.1. The average Bonchev–Trinajstić information content (AvgIpc) is 3.54. The summed E-state index contributed by atoms with van der Waals surface area (Å²) in [6.07, 6.45) is 0.386. The van der Waals surface area contributed by atoms with E-state index in [1.165, 1.54) is 4.68 Å². The summed E-state index contributed by atoms with van der Waals surface area (Å²) >= 11 is 0. The van der Waals surface area contributed by atoms with E-state index < -0.39 is 37.8 Å². The number of hydrogen-bond donors (Lipinski definition) is 3. The van der Waals surface area contributed by atoms with Gasteiger partial charge in [0.2, 0.25) is 11.9 Å². The Bertz CT molecular complexity index is 1440. The largest absolute Gasteiger partial charge is 0.387 e. The topological polar surface area (TPSA) is 152 Å². The van der Waals surface area contributed by atoms with Crippen molar-refractivity contribution in [3.05, 3.63) is 24.4 Å². The van der Waals surface area contributed by atoms with Crippen LogP contribution in [-0.2, 0) is 11.3 Å². The van der Waals surface area contributed by atoms with Gasteiger partial charge in [-0.15, -0.1) is 10.2 Å². The first-order valence-electron chi connectivity index (χ1n) is 12.2. The molecule has 210 valence electrons. The number of nitrogens with two attached hydrogens (primary N) is 1. The number of aliphatic hydroxyl groups excluding tert-OH is 1. The molecule has 1 fully saturated rings. The quantitative estimate of drug-likeness (QED) is 0.293. The van der Waals surface area contributed by atoms with Crippen molar-refractivity contribution in [3.63, 3.8) is 0 Å². The number of aliphatic hydroxyl groups is 1. The fourth-order valence-electron chi connectivity index (χ4n) is 4.20. The molecule has 0 saturated carbocycles. The minimum absolute atomic E-state index is 0.00699. The SMILES string of the molecule is CNc1nc(N)nn2ccc(-c3ccc4nnn(CCC(F)CF)c4n3)c12.O=C(CO)N1CCCC(F)(F)C1. The maximum atomic E-state index is 13.2. The second kappa shape index (κ2) is 11.8. The highest BCUT2D eigenvalue weighted by Gasteiger charge is 2.36. The second-order valence-electron chi connectivity index (χ2n) is 8.92. The number of carbonyl (C=O) groups is 1. The van der Waals surface area contributed by atoms with E-state index in [2.05, 4.69) is 30.7 Å². The molecule has 1 saturated heterocycles. The van der Waals surface area contributed by atoms with Gasteiger partial charge in [-0.25, -0.2) is 31.7 Å². The Morgan fingerprint density at radius 2 is 2.08 bits per heavy atom. The number of pyridine rings is 1. The Morgan fingerprint density at radius 1 is 1.28 bits per heavy atom. The van der Waals surface area contributed by atoms with Gasteiger partial charge in [-0.05, 0) is 24.6 Å². The summed E-state index contributed by atoms with van der Waals surface area (Å²) in [7, 11) is 1.74. The molecule has 4 N–H and O–H groups in total. The third-order valence-corrected chi connectivity index (χ3v) is 6.10. The predicted molar refractivity (Wildman–Crippen MR) is 135 cm³/mol. The zero-order valence-corrected chi connectivity index (χ0v) is 21.1. The van der Waals surface area contributed by atoms with Crippen molar-refractivity contribution in [2.45, 2.75) is 37.9 Å². The molecule has 1 aliphatic heterocycles. The number of carbonyl (C=O) groups excluding carboxylic acids is 1. The average molecular weight is 553 g/mol. The highest BCUT2D eigenvalue weighted by atomic mass is 19.3. The standard InChI is InChI=1S/C16H17F2N9.C7H11F2NO2/c1-20-14-13-10(5-7-26(13)24-16(19)22-14)11-2-3-12-15(21-11)27(25-23-12)6-4-9(18)8-17;8-7(9)2-1-3-10(5-7)6(12)4-11/h2-3,5,7,9H,4,6,8H2,1H3,(H3,19,20,22,24);11H,1-5H2. The number of aryl methyl sites for hydroxylation is 1. The normalized spacial score (nSPS) is 15.7. The van der Waals surface area contributed by atoms with Gasteiger partial charge in [0.05, 0.1) is 12.2 Å². The molecule has 0 radical (unpaired) electrons. The Hall–Kier alpha value is -4.08. The van der Waals surface area contributed by atoms with Crippen molar-refractivity contribution in [1.82, 2.24) is 39.5 Å². The van der Waals surface area contributed by atoms with Gasteiger partial charge < -0.3 is 21.1 Å². The van der Waals surface area contributed by atoms with E-state index in [-0.39, 0.29) is 25.3 Å². The van der Waals surface area contributed by atoms with E-state index in [0.717, 1.165) is 16.0 Å². The number of piperidine rings is 1. The van der Waals surface area contributed by atoms with Crippen LogP contribution in [0.5, 0.6) is 0 Å². The lowest BCUT2D eigenvalue weighted by Gasteiger charge is -2.31. The molecule has 0 aromatic carbocycles. The Balaban J connectivity index is 0.000000247. The van der Waals surface area contributed by atoms with Crippen LogP contribution in [0.3, 0.4) is 0 Å². The number of fused-ring (bicyclic) bond motifs is 2. The molecule has 12 nitrogen and oxygen atoms in total. The van der Waals surface area contributed by atoms with Gasteiger partial charge >= 0.3 is 0 Å². The first-order chi connectivity index (χ1) is 18.7. The first kappa shape index (κ1) is 27.9. The van der Waals surface area contributed by atoms with Crippen molar-refractivity contribution >= 4 is 34.4 Å². The van der Waals surface area contributed by atoms with E-state index in [9.17, 15) is 22.4 Å². The van der Waals surface area contributed by atoms with Crippen LogP contribution in [0.2, 0.25) is 0 Å². The number of nitrogen functional groups attached to an aromatic ring is 1. The Kier molecular flexibility index (Phi) is 8.42. The van der Waals surface area contributed by atoms with E-state index >= 15 is 0 Å². The van der Waals surface area contributed by atoms with E-state index in [0.29, 0.717) is 35.6 Å². The number of halogens is 4. The molecule has 0 spiro atoms. The summed E-state index contributed by atoms with van der Waals surface area (Å²) in [4.78, 5) is 20.6. The fourth-order valence-corrected chi connectivity index (χ4v) is 4.20. The zero-order chi connectivity index (χ0) is 28.2. The molecule has 1 unspecified atom stereocenters. The van der Waals surface area contributed by atoms with Crippen LogP contribution in [0.4, 0.5) is 29.3 Å². The summed E-state index contributed by atoms with van der Waals surface area (Å²) in [6.45, 7) is -1.73. The Labute approximate surface area is 219 Å². The van der Waals surface area contributed by atoms with E-state index in [1.54, 1.807) is 23.8 Å². The lowest BCUT2D eigenvalue weighted by Crippen LogP contribution is -2.46. The van der Waals surface area contributed by atoms with Crippen molar-refractivity contribution < 1.29 is 27.5 Å². The molecular formula is C23H28F4N10O2. The molecule has 0 bridgehead atoms. The van der Waals surface area contributed by atoms with Crippen LogP contribution < -0.4 is 11.1 Å². The van der Waals surface area contributed by atoms with Crippen molar-refractivity contribution in [1.29, 1.82) is 0 Å². The fraction of sp³-hybridized carbons (Fsp3) is 0.478. The maximum Gasteiger partial charge on any atom is 0.265 e. The summed E-state index contributed by atoms with van der Waals surface area (Å²) < 4.78 is 54.0. The third-order valence-electron chi connectivity index (χ3n) is 6.10. The molecule has 1 amide bonds. The highest BCUT2D eigenvalue weighted by Crippen LogP contribution is 2.30. The summed E-state index contributed by atoms with van der Waals surface area (Å²) in [5.74, 6) is -2.68. The number of amides is 1. The molecule has 1 aliphatic rings. The molecule has 4 aromatic rings. The molecule has 1 atom stereocenters. The summed E-state index contributed by atoms with van der Waals surface area (Å²) in [6, 6.07) is 5.45. The van der Waals surface area contributed by atoms with Crippen LogP contribution in [0.15, 0.2) is 24.4 Å². The van der Waals surface area contributed by atoms with Crippen LogP contribution in [0, 0.1) is 0 Å². The number of anilines is 2. The number of rotatable bonds is 7. The van der Waals surface area contributed by atoms with Gasteiger partial charge in [-0.2, -0.15) is 4.98 Å². The molecule has 5 heterocycles. The van der Waals surface area contributed by atoms with Crippen LogP contribution in [-0.4, -0.2) is 96.0 Å². The lowest BCUT2D eigenvalue weighted by atomic mass is 10.1. The van der Waals surface area contributed by atoms with E-state index in [1.807, 2.05) is 12.1 Å². The van der Waals surface area contributed by atoms with Crippen molar-refractivity contribution in [3.8, 4) is 11.3 Å². The Morgan fingerprint density at radius 3 is 2.77 bits per heavy atom. The maximum absolute atomic E-state index is 13.2. The molecule has 16 heteroatoms. The lowest BCUT2D eigenvalue weighted by molar-refractivity contribution is -0.144. The van der Waals surface area contributed by atoms with Gasteiger partial charge in [-0.3, -0.25) is 4.79 Å². The monoisotopic (exact) mass is 552 g/mol. The first-order valence-corrected chi connectivity index (χ1v) is 12.2. The van der Waals surface area contributed by atoms with Gasteiger partial charge in [0, 0.05) is 44.7 Å². The number of aromatic nitrogens is 7. The smallest absolute Gasteiger partial charge is 0.265 e. The van der Waals surface area contributed by atoms with Crippen LogP contribution >= 0.6 is 0 Å². The molecule has 0 aliphatic carbocycles. The number of nitrogens with one attached hydrogen (secondary N) is 1. The van der Waals surface area contributed by atoms with Gasteiger partial charge in [0.25, 0.3) is 5.92 Å². The molecule has 5 rings (SSSR count). The van der Waals surface area contributed by atoms with Crippen LogP contribution in [0.25, 0.3) is 27.9 Å². The number of alkyl halides is 4. The number of hydrogen-bond acceptors (Lipinski definition) is 9. The van der Waals surface area contributed by atoms with Crippen LogP contribution in [0.1, 0.15) is 19.3 Å². The second-order valence-corrected chi connectivity index (χ2v) is 8.92. The van der Waals surface area contributed by atoms with Gasteiger partial charge in [0.1, 0.15) is 30.5 Å². The predicted octanol–water partition coefficient (Wildman–Crippen LogP) is 2.09. The minimum atomic E-state index is -2.77. The van der Waals surface area contributed by atoms with E-state index in [4.69, 9.17) is 10.8 Å². The number of likely N-dealkylation sites (tertiary alicyclic amines) is 1. The number of nitrogens with zero attached hydrogens (tertiary/aromatic N) is 8. The molecular weight excluding hydrogens is 524 g/mol. The van der Waals surface area contributed by atoms with Crippen molar-refractivity contribution in [2.75, 3.05) is 44.5 Å². The summed E-state index contributed by atoms with van der Waals surface area (Å²) in [5, 5.41) is 23.6. The minimum Gasteiger partial charge on any atom is -0.387 e. The summed E-state index contributed by atoms with van der Waals surface area (Å²) in [5.41, 5.74) is 8.97. The highest BCUT2D eigenvalue weighted by molar-refractivity contribution is 5.89. The van der Waals surface area contributed by atoms with Gasteiger partial charge in [-0.1, -0.05) is 5.21 Å².